The number of thioether (sulfide) groups is 1. The molecular weight excluding hydrogens is 220 g/mol. The molecule has 0 unspecified atom stereocenters. The van der Waals surface area contributed by atoms with E-state index in [1.165, 1.54) is 11.8 Å². The van der Waals surface area contributed by atoms with E-state index >= 15 is 0 Å². The fourth-order valence-electron chi connectivity index (χ4n) is 0.645. The molecule has 0 atom stereocenters. The van der Waals surface area contributed by atoms with E-state index in [9.17, 15) is 0 Å². The lowest BCUT2D eigenvalue weighted by Gasteiger charge is -2.08. The number of thiocarbonyl (C=S) groups is 1. The molecule has 1 heterocycles. The van der Waals surface area contributed by atoms with Crippen LogP contribution in [0.5, 0.6) is 0 Å². The molecule has 0 amide bonds. The zero-order valence-electron chi connectivity index (χ0n) is 7.74. The maximum Gasteiger partial charge on any atom is 0.210 e. The highest BCUT2D eigenvalue weighted by Crippen LogP contribution is 2.14. The molecule has 1 rings (SSSR count). The van der Waals surface area contributed by atoms with E-state index in [1.54, 1.807) is 6.92 Å². The van der Waals surface area contributed by atoms with Gasteiger partial charge in [0.1, 0.15) is 0 Å². The molecule has 0 aliphatic heterocycles. The van der Waals surface area contributed by atoms with Crippen LogP contribution in [0.25, 0.3) is 0 Å². The minimum absolute atomic E-state index is 0.228. The normalized spacial score (nSPS) is 9.57. The Bertz CT molecular complexity index is 341. The van der Waals surface area contributed by atoms with Crippen molar-refractivity contribution in [1.29, 1.82) is 0 Å². The van der Waals surface area contributed by atoms with Gasteiger partial charge in [-0.1, -0.05) is 24.0 Å². The van der Waals surface area contributed by atoms with E-state index in [0.29, 0.717) is 16.0 Å². The van der Waals surface area contributed by atoms with Crippen LogP contribution in [0.4, 0.5) is 11.6 Å². The fraction of sp³-hybridized carbons (Fsp3) is 0.333. The average Bonchev–Trinajstić information content (AvgIpc) is 2.16. The fourth-order valence-corrected chi connectivity index (χ4v) is 1.00. The van der Waals surface area contributed by atoms with Crippen molar-refractivity contribution in [3.8, 4) is 0 Å². The first-order valence-corrected chi connectivity index (χ1v) is 5.33. The first-order chi connectivity index (χ1) is 6.63. The molecule has 1 aromatic rings. The lowest BCUT2D eigenvalue weighted by atomic mass is 10.6. The van der Waals surface area contributed by atoms with Gasteiger partial charge in [-0.3, -0.25) is 10.9 Å². The third-order valence-corrected chi connectivity index (χ3v) is 1.87. The Morgan fingerprint density at radius 2 is 2.21 bits per heavy atom. The number of nitrogens with one attached hydrogen (secondary N) is 2. The van der Waals surface area contributed by atoms with Gasteiger partial charge in [0.2, 0.25) is 5.16 Å². The number of hydrogen-bond acceptors (Lipinski definition) is 7. The van der Waals surface area contributed by atoms with E-state index in [1.807, 2.05) is 6.26 Å². The third-order valence-electron chi connectivity index (χ3n) is 1.23. The maximum absolute atomic E-state index is 5.54. The topological polar surface area (TPSA) is 88.8 Å². The van der Waals surface area contributed by atoms with Gasteiger partial charge in [-0.15, -0.1) is 10.2 Å². The van der Waals surface area contributed by atoms with Crippen molar-refractivity contribution in [2.24, 2.45) is 0 Å². The van der Waals surface area contributed by atoms with Crippen molar-refractivity contribution in [3.05, 3.63) is 0 Å². The predicted molar refractivity (Wildman–Crippen MR) is 61.1 cm³/mol. The molecule has 8 heteroatoms. The number of anilines is 2. The molecule has 0 radical (unpaired) electrons. The summed E-state index contributed by atoms with van der Waals surface area (Å²) in [5.74, 6) is 0.653. The van der Waals surface area contributed by atoms with Gasteiger partial charge >= 0.3 is 0 Å². The third kappa shape index (κ3) is 2.96. The highest BCUT2D eigenvalue weighted by molar-refractivity contribution is 7.98. The Hall–Kier alpha value is -1.15. The summed E-state index contributed by atoms with van der Waals surface area (Å²) in [5.41, 5.74) is 11.0. The molecule has 0 aromatic carbocycles. The maximum atomic E-state index is 5.54. The van der Waals surface area contributed by atoms with Crippen molar-refractivity contribution in [3.63, 3.8) is 0 Å². The van der Waals surface area contributed by atoms with E-state index in [-0.39, 0.29) is 5.82 Å². The first-order valence-electron chi connectivity index (χ1n) is 3.70. The summed E-state index contributed by atoms with van der Waals surface area (Å²) in [6, 6.07) is 0. The molecule has 0 bridgehead atoms. The number of hydrazine groups is 1. The Kier molecular flexibility index (Phi) is 3.84. The number of rotatable bonds is 3. The lowest BCUT2D eigenvalue weighted by molar-refractivity contribution is 0.844. The monoisotopic (exact) mass is 230 g/mol. The molecule has 0 aliphatic rings. The molecule has 0 saturated carbocycles. The van der Waals surface area contributed by atoms with Gasteiger partial charge in [-0.2, -0.15) is 4.98 Å². The van der Waals surface area contributed by atoms with Crippen LogP contribution in [-0.2, 0) is 0 Å². The van der Waals surface area contributed by atoms with Gasteiger partial charge in [0, 0.05) is 0 Å². The highest BCUT2D eigenvalue weighted by atomic mass is 32.2. The number of nitrogens with two attached hydrogens (primary N) is 1. The van der Waals surface area contributed by atoms with Gasteiger partial charge in [0.05, 0.1) is 4.99 Å². The number of nitrogens with zero attached hydrogens (tertiary/aromatic N) is 3. The second-order valence-electron chi connectivity index (χ2n) is 2.34. The van der Waals surface area contributed by atoms with Gasteiger partial charge in [0.15, 0.2) is 11.6 Å². The largest absolute Gasteiger partial charge is 0.379 e. The summed E-state index contributed by atoms with van der Waals surface area (Å²) in [4.78, 5) is 4.69. The smallest absolute Gasteiger partial charge is 0.210 e. The summed E-state index contributed by atoms with van der Waals surface area (Å²) in [7, 11) is 0. The van der Waals surface area contributed by atoms with Crippen molar-refractivity contribution in [2.45, 2.75) is 12.1 Å². The quantitative estimate of drug-likeness (QED) is 0.391. The summed E-state index contributed by atoms with van der Waals surface area (Å²) in [6.07, 6.45) is 1.86. The van der Waals surface area contributed by atoms with Crippen molar-refractivity contribution < 1.29 is 0 Å². The van der Waals surface area contributed by atoms with Crippen molar-refractivity contribution in [1.82, 2.24) is 20.6 Å². The van der Waals surface area contributed by atoms with Crippen molar-refractivity contribution in [2.75, 3.05) is 17.4 Å². The van der Waals surface area contributed by atoms with Crippen LogP contribution in [-0.4, -0.2) is 26.4 Å². The molecule has 6 nitrogen and oxygen atoms in total. The van der Waals surface area contributed by atoms with Gasteiger partial charge in [0.25, 0.3) is 0 Å². The van der Waals surface area contributed by atoms with Crippen LogP contribution in [0.15, 0.2) is 5.16 Å². The zero-order valence-corrected chi connectivity index (χ0v) is 9.37. The second kappa shape index (κ2) is 4.91. The minimum atomic E-state index is 0.228. The summed E-state index contributed by atoms with van der Waals surface area (Å²) in [6.45, 7) is 1.74. The number of hydrogen-bond donors (Lipinski definition) is 3. The van der Waals surface area contributed by atoms with Crippen LogP contribution in [0.1, 0.15) is 6.92 Å². The Morgan fingerprint density at radius 1 is 1.50 bits per heavy atom. The van der Waals surface area contributed by atoms with Crippen LogP contribution < -0.4 is 16.6 Å². The molecule has 0 spiro atoms. The summed E-state index contributed by atoms with van der Waals surface area (Å²) < 4.78 is 0. The summed E-state index contributed by atoms with van der Waals surface area (Å²) >= 11 is 6.20. The molecule has 1 aromatic heterocycles. The highest BCUT2D eigenvalue weighted by Gasteiger charge is 2.04. The van der Waals surface area contributed by atoms with E-state index in [0.717, 1.165) is 0 Å². The molecule has 4 N–H and O–H groups in total. The first kappa shape index (κ1) is 10.9. The van der Waals surface area contributed by atoms with Gasteiger partial charge in [-0.25, -0.2) is 0 Å². The van der Waals surface area contributed by atoms with E-state index in [2.05, 4.69) is 26.0 Å². The molecular formula is C6H10N6S2. The lowest BCUT2D eigenvalue weighted by Crippen LogP contribution is -2.26. The number of aromatic nitrogens is 3. The second-order valence-corrected chi connectivity index (χ2v) is 3.72. The molecule has 0 saturated heterocycles. The Morgan fingerprint density at radius 3 is 2.79 bits per heavy atom. The summed E-state index contributed by atoms with van der Waals surface area (Å²) in [5, 5.41) is 8.03. The zero-order chi connectivity index (χ0) is 10.6. The van der Waals surface area contributed by atoms with Crippen LogP contribution in [0, 0.1) is 0 Å². The van der Waals surface area contributed by atoms with Crippen LogP contribution in [0.3, 0.4) is 0 Å². The Balaban J connectivity index is 2.78. The van der Waals surface area contributed by atoms with Crippen molar-refractivity contribution >= 4 is 40.6 Å². The standard InChI is InChI=1S/C6H10N6S2/c1-3(13)9-11-5-4(7)10-12-6(8-5)14-2/h1-2H3,(H2,7,10)(H,9,13)(H,8,11,12). The molecule has 0 aliphatic carbocycles. The minimum Gasteiger partial charge on any atom is -0.379 e. The van der Waals surface area contributed by atoms with Gasteiger partial charge < -0.3 is 5.73 Å². The van der Waals surface area contributed by atoms with Crippen LogP contribution in [0.2, 0.25) is 0 Å². The molecule has 76 valence electrons. The van der Waals surface area contributed by atoms with Crippen LogP contribution >= 0.6 is 24.0 Å². The average molecular weight is 230 g/mol. The molecule has 0 fully saturated rings. The number of nitrogen functional groups attached to an aromatic ring is 1. The Labute approximate surface area is 91.0 Å². The van der Waals surface area contributed by atoms with Gasteiger partial charge in [-0.05, 0) is 13.2 Å². The SMILES string of the molecule is CSc1nnc(N)c(NNC(C)=S)n1. The molecule has 14 heavy (non-hydrogen) atoms. The predicted octanol–water partition coefficient (Wildman–Crippen LogP) is 0.439. The van der Waals surface area contributed by atoms with E-state index in [4.69, 9.17) is 18.0 Å². The van der Waals surface area contributed by atoms with E-state index < -0.39 is 0 Å².